The van der Waals surface area contributed by atoms with Crippen LogP contribution in [0.3, 0.4) is 0 Å². The lowest BCUT2D eigenvalue weighted by Gasteiger charge is -2.26. The Bertz CT molecular complexity index is 796. The normalized spacial score (nSPS) is 28.6. The number of nitrogens with zero attached hydrogens (tertiary/aromatic N) is 1. The molecule has 3 atom stereocenters. The van der Waals surface area contributed by atoms with Crippen LogP contribution in [0.4, 0.5) is 5.88 Å². The van der Waals surface area contributed by atoms with E-state index in [9.17, 15) is 4.79 Å². The van der Waals surface area contributed by atoms with Crippen molar-refractivity contribution < 1.29 is 13.9 Å². The van der Waals surface area contributed by atoms with Gasteiger partial charge in [0.2, 0.25) is 0 Å². The third-order valence-electron chi connectivity index (χ3n) is 5.71. The third kappa shape index (κ3) is 2.79. The highest BCUT2D eigenvalue weighted by Gasteiger charge is 2.39. The number of anilines is 1. The van der Waals surface area contributed by atoms with Crippen molar-refractivity contribution >= 4 is 22.8 Å². The molecule has 0 spiro atoms. The largest absolute Gasteiger partial charge is 0.441 e. The number of carbonyl (C=O) groups is 1. The summed E-state index contributed by atoms with van der Waals surface area (Å²) in [6.45, 7) is 3.12. The molecule has 1 aromatic heterocycles. The summed E-state index contributed by atoms with van der Waals surface area (Å²) in [5.41, 5.74) is 1.43. The maximum Gasteiger partial charge on any atom is 0.251 e. The molecule has 6 nitrogen and oxygen atoms in total. The van der Waals surface area contributed by atoms with Gasteiger partial charge in [-0.05, 0) is 31.4 Å². The topological polar surface area (TPSA) is 66.7 Å². The fourth-order valence-electron chi connectivity index (χ4n) is 4.33. The van der Waals surface area contributed by atoms with Crippen LogP contribution in [0, 0.1) is 0 Å². The van der Waals surface area contributed by atoms with Gasteiger partial charge in [-0.3, -0.25) is 4.79 Å². The molecule has 2 aromatic rings. The van der Waals surface area contributed by atoms with Gasteiger partial charge in [0, 0.05) is 48.2 Å². The number of nitrogens with one attached hydrogen (secondary N) is 2. The molecule has 2 bridgehead atoms. The van der Waals surface area contributed by atoms with Crippen molar-refractivity contribution in [1.82, 2.24) is 10.6 Å². The molecule has 1 aromatic carbocycles. The van der Waals surface area contributed by atoms with Crippen LogP contribution in [0.25, 0.3) is 11.0 Å². The monoisotopic (exact) mass is 341 g/mol. The van der Waals surface area contributed by atoms with E-state index in [-0.39, 0.29) is 11.9 Å². The number of amides is 1. The summed E-state index contributed by atoms with van der Waals surface area (Å²) in [5.74, 6) is 0.846. The van der Waals surface area contributed by atoms with Crippen LogP contribution in [0.1, 0.15) is 29.6 Å². The maximum atomic E-state index is 12.6. The molecule has 25 heavy (non-hydrogen) atoms. The lowest BCUT2D eigenvalue weighted by atomic mass is 9.95. The first kappa shape index (κ1) is 15.2. The Labute approximate surface area is 146 Å². The van der Waals surface area contributed by atoms with Gasteiger partial charge in [-0.15, -0.1) is 0 Å². The Morgan fingerprint density at radius 1 is 1.20 bits per heavy atom. The number of morpholine rings is 1. The zero-order valence-corrected chi connectivity index (χ0v) is 14.2. The lowest BCUT2D eigenvalue weighted by molar-refractivity contribution is 0.0931. The molecule has 3 fully saturated rings. The first-order valence-electron chi connectivity index (χ1n) is 9.19. The van der Waals surface area contributed by atoms with Gasteiger partial charge in [-0.25, -0.2) is 0 Å². The highest BCUT2D eigenvalue weighted by molar-refractivity contribution is 5.98. The van der Waals surface area contributed by atoms with E-state index in [4.69, 9.17) is 9.15 Å². The smallest absolute Gasteiger partial charge is 0.251 e. The van der Waals surface area contributed by atoms with Crippen molar-refractivity contribution in [1.29, 1.82) is 0 Å². The van der Waals surface area contributed by atoms with Crippen LogP contribution in [0.15, 0.2) is 28.7 Å². The number of furan rings is 1. The summed E-state index contributed by atoms with van der Waals surface area (Å²) < 4.78 is 11.4. The van der Waals surface area contributed by atoms with E-state index >= 15 is 0 Å². The van der Waals surface area contributed by atoms with Gasteiger partial charge in [-0.1, -0.05) is 6.07 Å². The minimum Gasteiger partial charge on any atom is -0.441 e. The molecule has 0 saturated carbocycles. The van der Waals surface area contributed by atoms with Crippen molar-refractivity contribution in [2.75, 3.05) is 31.2 Å². The minimum atomic E-state index is -0.00873. The Morgan fingerprint density at radius 3 is 2.84 bits per heavy atom. The predicted molar refractivity (Wildman–Crippen MR) is 95.1 cm³/mol. The van der Waals surface area contributed by atoms with E-state index in [1.165, 1.54) is 6.42 Å². The van der Waals surface area contributed by atoms with E-state index in [0.717, 1.165) is 56.0 Å². The molecule has 3 aliphatic heterocycles. The molecule has 2 N–H and O–H groups in total. The second-order valence-electron chi connectivity index (χ2n) is 7.30. The Morgan fingerprint density at radius 2 is 2.08 bits per heavy atom. The number of hydrogen-bond acceptors (Lipinski definition) is 5. The van der Waals surface area contributed by atoms with Crippen LogP contribution in [0.5, 0.6) is 0 Å². The standard InChI is InChI=1S/C19H23N3O3/c23-19(21-16-11-14-3-4-15(16)20-14)13-2-1-12-10-18(25-17(12)9-13)22-5-7-24-8-6-22/h1-2,9-10,14-16,20H,3-8,11H2,(H,21,23)/t14-,15+,16-/m1/s1. The molecule has 0 unspecified atom stereocenters. The van der Waals surface area contributed by atoms with E-state index in [1.54, 1.807) is 0 Å². The molecule has 0 radical (unpaired) electrons. The average molecular weight is 341 g/mol. The van der Waals surface area contributed by atoms with Crippen molar-refractivity contribution in [2.45, 2.75) is 37.4 Å². The van der Waals surface area contributed by atoms with Gasteiger partial charge >= 0.3 is 0 Å². The summed E-state index contributed by atoms with van der Waals surface area (Å²) in [4.78, 5) is 14.8. The fourth-order valence-corrected chi connectivity index (χ4v) is 4.33. The number of hydrogen-bond donors (Lipinski definition) is 2. The molecular weight excluding hydrogens is 318 g/mol. The number of carbonyl (C=O) groups excluding carboxylic acids is 1. The number of fused-ring (bicyclic) bond motifs is 3. The molecule has 1 amide bonds. The molecular formula is C19H23N3O3. The van der Waals surface area contributed by atoms with E-state index in [0.29, 0.717) is 17.6 Å². The Balaban J connectivity index is 1.34. The predicted octanol–water partition coefficient (Wildman–Crippen LogP) is 1.89. The first-order valence-corrected chi connectivity index (χ1v) is 9.19. The molecule has 3 saturated heterocycles. The van der Waals surface area contributed by atoms with Crippen LogP contribution in [-0.2, 0) is 4.74 Å². The summed E-state index contributed by atoms with van der Waals surface area (Å²) in [5, 5.41) is 7.77. The summed E-state index contributed by atoms with van der Waals surface area (Å²) >= 11 is 0. The zero-order valence-electron chi connectivity index (χ0n) is 14.2. The van der Waals surface area contributed by atoms with Gasteiger partial charge in [0.25, 0.3) is 5.91 Å². The quantitative estimate of drug-likeness (QED) is 0.892. The number of ether oxygens (including phenoxy) is 1. The molecule has 4 heterocycles. The summed E-state index contributed by atoms with van der Waals surface area (Å²) in [7, 11) is 0. The fraction of sp³-hybridized carbons (Fsp3) is 0.526. The molecule has 5 rings (SSSR count). The Hall–Kier alpha value is -2.05. The molecule has 3 aliphatic rings. The Kier molecular flexibility index (Phi) is 3.68. The highest BCUT2D eigenvalue weighted by atomic mass is 16.5. The van der Waals surface area contributed by atoms with Crippen LogP contribution >= 0.6 is 0 Å². The van der Waals surface area contributed by atoms with Crippen molar-refractivity contribution in [3.8, 4) is 0 Å². The lowest BCUT2D eigenvalue weighted by Crippen LogP contribution is -2.42. The number of benzene rings is 1. The third-order valence-corrected chi connectivity index (χ3v) is 5.71. The summed E-state index contributed by atoms with van der Waals surface area (Å²) in [6.07, 6.45) is 3.44. The number of rotatable bonds is 3. The van der Waals surface area contributed by atoms with Crippen LogP contribution in [-0.4, -0.2) is 50.3 Å². The second-order valence-corrected chi connectivity index (χ2v) is 7.30. The van der Waals surface area contributed by atoms with Crippen molar-refractivity contribution in [2.24, 2.45) is 0 Å². The minimum absolute atomic E-state index is 0.00873. The van der Waals surface area contributed by atoms with Gasteiger partial charge in [-0.2, -0.15) is 0 Å². The SMILES string of the molecule is O=C(N[C@@H]1C[C@H]2CC[C@@H]1N2)c1ccc2cc(N3CCOCC3)oc2c1. The first-order chi connectivity index (χ1) is 12.3. The van der Waals surface area contributed by atoms with Crippen molar-refractivity contribution in [3.05, 3.63) is 29.8 Å². The van der Waals surface area contributed by atoms with Gasteiger partial charge in [0.05, 0.1) is 13.2 Å². The zero-order chi connectivity index (χ0) is 16.8. The van der Waals surface area contributed by atoms with Gasteiger partial charge in [0.15, 0.2) is 5.88 Å². The van der Waals surface area contributed by atoms with Gasteiger partial charge in [0.1, 0.15) is 5.58 Å². The highest BCUT2D eigenvalue weighted by Crippen LogP contribution is 2.30. The van der Waals surface area contributed by atoms with E-state index in [1.807, 2.05) is 24.3 Å². The van der Waals surface area contributed by atoms with E-state index < -0.39 is 0 Å². The van der Waals surface area contributed by atoms with Gasteiger partial charge < -0.3 is 24.7 Å². The maximum absolute atomic E-state index is 12.6. The molecule has 0 aliphatic carbocycles. The molecule has 6 heteroatoms. The average Bonchev–Trinajstić information content (AvgIpc) is 3.36. The van der Waals surface area contributed by atoms with Crippen LogP contribution in [0.2, 0.25) is 0 Å². The van der Waals surface area contributed by atoms with E-state index in [2.05, 4.69) is 15.5 Å². The second kappa shape index (κ2) is 6.04. The van der Waals surface area contributed by atoms with Crippen LogP contribution < -0.4 is 15.5 Å². The molecule has 132 valence electrons. The van der Waals surface area contributed by atoms with Crippen molar-refractivity contribution in [3.63, 3.8) is 0 Å². The summed E-state index contributed by atoms with van der Waals surface area (Å²) in [6, 6.07) is 9.03.